The van der Waals surface area contributed by atoms with E-state index in [-0.39, 0.29) is 0 Å². The van der Waals surface area contributed by atoms with Crippen molar-refractivity contribution in [2.24, 2.45) is 4.99 Å². The van der Waals surface area contributed by atoms with Gasteiger partial charge in [-0.1, -0.05) is 6.07 Å². The number of nitrogens with zero attached hydrogens (tertiary/aromatic N) is 4. The molecule has 0 aliphatic carbocycles. The number of hydrogen-bond donors (Lipinski definition) is 2. The first kappa shape index (κ1) is 19.9. The van der Waals surface area contributed by atoms with Gasteiger partial charge < -0.3 is 25.0 Å². The van der Waals surface area contributed by atoms with Gasteiger partial charge in [0.15, 0.2) is 5.96 Å². The van der Waals surface area contributed by atoms with Crippen LogP contribution in [0.2, 0.25) is 0 Å². The molecular weight excluding hydrogens is 344 g/mol. The maximum atomic E-state index is 5.46. The molecule has 2 fully saturated rings. The summed E-state index contributed by atoms with van der Waals surface area (Å²) in [5, 5.41) is 6.77. The first-order chi connectivity index (χ1) is 13.4. The van der Waals surface area contributed by atoms with Crippen molar-refractivity contribution in [3.05, 3.63) is 23.9 Å². The van der Waals surface area contributed by atoms with Crippen LogP contribution < -0.4 is 15.5 Å². The molecule has 1 aromatic heterocycles. The Morgan fingerprint density at radius 3 is 2.59 bits per heavy atom. The second-order valence-corrected chi connectivity index (χ2v) is 6.66. The van der Waals surface area contributed by atoms with Crippen LogP contribution in [0.5, 0.6) is 0 Å². The second kappa shape index (κ2) is 11.1. The molecule has 8 nitrogen and oxygen atoms in total. The standard InChI is InChI=1S/C19H32N6O2/c1-2-20-19(22-6-7-24-8-12-26-13-9-24)23-16-17-4-3-5-21-18(17)25-10-14-27-15-11-25/h3-5H,2,6-16H2,1H3,(H2,20,22,23). The topological polar surface area (TPSA) is 74.2 Å². The van der Waals surface area contributed by atoms with Gasteiger partial charge in [-0.15, -0.1) is 0 Å². The van der Waals surface area contributed by atoms with Crippen LogP contribution in [0.15, 0.2) is 23.3 Å². The molecule has 0 unspecified atom stereocenters. The number of aromatic nitrogens is 1. The van der Waals surface area contributed by atoms with Gasteiger partial charge in [0.25, 0.3) is 0 Å². The highest BCUT2D eigenvalue weighted by atomic mass is 16.5. The van der Waals surface area contributed by atoms with Crippen LogP contribution in [0.25, 0.3) is 0 Å². The van der Waals surface area contributed by atoms with Crippen molar-refractivity contribution in [1.82, 2.24) is 20.5 Å². The lowest BCUT2D eigenvalue weighted by atomic mass is 10.2. The van der Waals surface area contributed by atoms with E-state index in [4.69, 9.17) is 14.5 Å². The molecule has 150 valence electrons. The minimum atomic E-state index is 0.605. The third kappa shape index (κ3) is 6.34. The number of guanidine groups is 1. The number of rotatable bonds is 7. The van der Waals surface area contributed by atoms with Gasteiger partial charge in [0.2, 0.25) is 0 Å². The summed E-state index contributed by atoms with van der Waals surface area (Å²) in [6.07, 6.45) is 1.85. The molecule has 0 spiro atoms. The lowest BCUT2D eigenvalue weighted by molar-refractivity contribution is 0.0389. The molecule has 0 radical (unpaired) electrons. The van der Waals surface area contributed by atoms with Crippen molar-refractivity contribution in [3.63, 3.8) is 0 Å². The van der Waals surface area contributed by atoms with Gasteiger partial charge in [-0.25, -0.2) is 9.98 Å². The maximum absolute atomic E-state index is 5.46. The molecule has 0 bridgehead atoms. The van der Waals surface area contributed by atoms with E-state index < -0.39 is 0 Å². The van der Waals surface area contributed by atoms with Crippen molar-refractivity contribution in [2.45, 2.75) is 13.5 Å². The van der Waals surface area contributed by atoms with Crippen LogP contribution in [0.4, 0.5) is 5.82 Å². The molecule has 0 aromatic carbocycles. The second-order valence-electron chi connectivity index (χ2n) is 6.66. The first-order valence-electron chi connectivity index (χ1n) is 9.95. The molecule has 8 heteroatoms. The van der Waals surface area contributed by atoms with E-state index in [1.807, 2.05) is 12.3 Å². The number of anilines is 1. The molecule has 3 rings (SSSR count). The zero-order chi connectivity index (χ0) is 18.7. The Morgan fingerprint density at radius 1 is 1.11 bits per heavy atom. The van der Waals surface area contributed by atoms with Gasteiger partial charge in [-0.2, -0.15) is 0 Å². The largest absolute Gasteiger partial charge is 0.379 e. The quantitative estimate of drug-likeness (QED) is 0.524. The molecule has 2 saturated heterocycles. The summed E-state index contributed by atoms with van der Waals surface area (Å²) in [4.78, 5) is 14.1. The Balaban J connectivity index is 1.56. The Labute approximate surface area is 161 Å². The first-order valence-corrected chi connectivity index (χ1v) is 9.95. The molecule has 27 heavy (non-hydrogen) atoms. The molecular formula is C19H32N6O2. The van der Waals surface area contributed by atoms with Crippen molar-refractivity contribution in [1.29, 1.82) is 0 Å². The monoisotopic (exact) mass is 376 g/mol. The van der Waals surface area contributed by atoms with Crippen LogP contribution in [-0.4, -0.2) is 88.1 Å². The van der Waals surface area contributed by atoms with Gasteiger partial charge in [-0.3, -0.25) is 4.90 Å². The molecule has 3 heterocycles. The summed E-state index contributed by atoms with van der Waals surface area (Å²) in [6, 6.07) is 4.09. The van der Waals surface area contributed by atoms with E-state index >= 15 is 0 Å². The van der Waals surface area contributed by atoms with Crippen LogP contribution in [0, 0.1) is 0 Å². The SMILES string of the molecule is CCNC(=NCc1cccnc1N1CCOCC1)NCCN1CCOCC1. The third-order valence-electron chi connectivity index (χ3n) is 4.75. The van der Waals surface area contributed by atoms with E-state index in [0.717, 1.165) is 89.6 Å². The summed E-state index contributed by atoms with van der Waals surface area (Å²) in [6.45, 7) is 12.4. The minimum Gasteiger partial charge on any atom is -0.379 e. The van der Waals surface area contributed by atoms with Crippen LogP contribution in [0.3, 0.4) is 0 Å². The highest BCUT2D eigenvalue weighted by Crippen LogP contribution is 2.19. The Kier molecular flexibility index (Phi) is 8.13. The summed E-state index contributed by atoms with van der Waals surface area (Å²) in [5.74, 6) is 1.87. The number of morpholine rings is 2. The summed E-state index contributed by atoms with van der Waals surface area (Å²) in [7, 11) is 0. The normalized spacial score (nSPS) is 19.1. The molecule has 0 atom stereocenters. The van der Waals surface area contributed by atoms with Crippen molar-refractivity contribution >= 4 is 11.8 Å². The highest BCUT2D eigenvalue weighted by Gasteiger charge is 2.15. The van der Waals surface area contributed by atoms with Gasteiger partial charge in [0.05, 0.1) is 33.0 Å². The van der Waals surface area contributed by atoms with Gasteiger partial charge >= 0.3 is 0 Å². The Morgan fingerprint density at radius 2 is 1.85 bits per heavy atom. The Bertz CT molecular complexity index is 585. The van der Waals surface area contributed by atoms with E-state index in [9.17, 15) is 0 Å². The lowest BCUT2D eigenvalue weighted by Gasteiger charge is -2.29. The fourth-order valence-electron chi connectivity index (χ4n) is 3.28. The van der Waals surface area contributed by atoms with Crippen LogP contribution in [-0.2, 0) is 16.0 Å². The minimum absolute atomic E-state index is 0.605. The van der Waals surface area contributed by atoms with E-state index in [1.165, 1.54) is 0 Å². The zero-order valence-corrected chi connectivity index (χ0v) is 16.3. The molecule has 0 amide bonds. The van der Waals surface area contributed by atoms with Crippen LogP contribution >= 0.6 is 0 Å². The fraction of sp³-hybridized carbons (Fsp3) is 0.684. The van der Waals surface area contributed by atoms with Gasteiger partial charge in [0.1, 0.15) is 5.82 Å². The van der Waals surface area contributed by atoms with Gasteiger partial charge in [0, 0.05) is 57.6 Å². The Hall–Kier alpha value is -1.90. The molecule has 2 aliphatic heterocycles. The number of hydrogen-bond acceptors (Lipinski definition) is 6. The molecule has 0 saturated carbocycles. The average Bonchev–Trinajstić information content (AvgIpc) is 2.74. The number of pyridine rings is 1. The molecule has 2 aliphatic rings. The number of aliphatic imine (C=N–C) groups is 1. The summed E-state index contributed by atoms with van der Waals surface area (Å²) < 4.78 is 10.9. The van der Waals surface area contributed by atoms with Crippen molar-refractivity contribution < 1.29 is 9.47 Å². The predicted octanol–water partition coefficient (Wildman–Crippen LogP) is 0.306. The molecule has 2 N–H and O–H groups in total. The maximum Gasteiger partial charge on any atom is 0.191 e. The van der Waals surface area contributed by atoms with E-state index in [2.05, 4.69) is 38.4 Å². The summed E-state index contributed by atoms with van der Waals surface area (Å²) >= 11 is 0. The van der Waals surface area contributed by atoms with Crippen molar-refractivity contribution in [2.75, 3.05) is 77.1 Å². The number of ether oxygens (including phenoxy) is 2. The fourth-order valence-corrected chi connectivity index (χ4v) is 3.28. The van der Waals surface area contributed by atoms with Crippen LogP contribution in [0.1, 0.15) is 12.5 Å². The molecule has 1 aromatic rings. The smallest absolute Gasteiger partial charge is 0.191 e. The summed E-state index contributed by atoms with van der Waals surface area (Å²) in [5.41, 5.74) is 1.14. The van der Waals surface area contributed by atoms with Gasteiger partial charge in [-0.05, 0) is 13.0 Å². The zero-order valence-electron chi connectivity index (χ0n) is 16.3. The predicted molar refractivity (Wildman–Crippen MR) is 107 cm³/mol. The van der Waals surface area contributed by atoms with E-state index in [1.54, 1.807) is 0 Å². The van der Waals surface area contributed by atoms with E-state index in [0.29, 0.717) is 6.54 Å². The third-order valence-corrected chi connectivity index (χ3v) is 4.75. The lowest BCUT2D eigenvalue weighted by Crippen LogP contribution is -2.44. The average molecular weight is 377 g/mol. The highest BCUT2D eigenvalue weighted by molar-refractivity contribution is 5.79. The van der Waals surface area contributed by atoms with Crippen molar-refractivity contribution in [3.8, 4) is 0 Å². The number of nitrogens with one attached hydrogen (secondary N) is 2.